The number of likely N-dealkylation sites (N-methyl/N-ethyl adjacent to an activating group) is 2. The van der Waals surface area contributed by atoms with Gasteiger partial charge in [0.05, 0.1) is 6.54 Å². The number of rotatable bonds is 3. The van der Waals surface area contributed by atoms with E-state index in [1.54, 1.807) is 6.92 Å². The predicted octanol–water partition coefficient (Wildman–Crippen LogP) is 3.10. The minimum Gasteiger partial charge on any atom is -0.426 e. The van der Waals surface area contributed by atoms with Gasteiger partial charge in [-0.05, 0) is 0 Å². The highest BCUT2D eigenvalue weighted by atomic mass is 16.4. The Labute approximate surface area is 163 Å². The molecule has 0 saturated carbocycles. The summed E-state index contributed by atoms with van der Waals surface area (Å²) >= 11 is 0. The second-order valence-corrected chi connectivity index (χ2v) is 5.91. The molecule has 2 aliphatic heterocycles. The summed E-state index contributed by atoms with van der Waals surface area (Å²) in [7, 11) is 3.89. The van der Waals surface area contributed by atoms with Gasteiger partial charge < -0.3 is 14.2 Å². The van der Waals surface area contributed by atoms with Crippen LogP contribution in [0.2, 0.25) is 0 Å². The predicted molar refractivity (Wildman–Crippen MR) is 110 cm³/mol. The van der Waals surface area contributed by atoms with E-state index in [4.69, 9.17) is 4.42 Å². The highest BCUT2D eigenvalue weighted by Crippen LogP contribution is 2.10. The molecule has 1 amide bonds. The van der Waals surface area contributed by atoms with Crippen molar-refractivity contribution in [3.8, 4) is 0 Å². The number of aliphatic imine (C=N–C) groups is 2. The molecular formula is C19H34N6O2. The van der Waals surface area contributed by atoms with Gasteiger partial charge >= 0.3 is 0 Å². The van der Waals surface area contributed by atoms with E-state index in [1.807, 2.05) is 32.8 Å². The molecule has 0 bridgehead atoms. The average molecular weight is 379 g/mol. The molecule has 3 heterocycles. The van der Waals surface area contributed by atoms with Crippen LogP contribution in [0.1, 0.15) is 52.8 Å². The molecule has 0 fully saturated rings. The van der Waals surface area contributed by atoms with Crippen molar-refractivity contribution in [2.75, 3.05) is 27.2 Å². The minimum atomic E-state index is -0.0191. The Hall–Kier alpha value is -2.51. The van der Waals surface area contributed by atoms with Gasteiger partial charge in [-0.3, -0.25) is 9.79 Å². The Bertz CT molecular complexity index is 677. The molecular weight excluding hydrogens is 344 g/mol. The molecule has 0 saturated heterocycles. The van der Waals surface area contributed by atoms with Crippen molar-refractivity contribution in [1.29, 1.82) is 0 Å². The van der Waals surface area contributed by atoms with Gasteiger partial charge in [-0.1, -0.05) is 34.8 Å². The van der Waals surface area contributed by atoms with Crippen LogP contribution in [0.5, 0.6) is 0 Å². The SMILES string of the molecule is C.C=C1CN=C(CC)N1C.CCC1=NC(=O)CN1C.CCc1nnc(C)o1. The molecule has 1 aromatic heterocycles. The van der Waals surface area contributed by atoms with E-state index in [0.29, 0.717) is 18.3 Å². The molecule has 0 unspecified atom stereocenters. The van der Waals surface area contributed by atoms with Crippen LogP contribution in [0.3, 0.4) is 0 Å². The quantitative estimate of drug-likeness (QED) is 0.803. The standard InChI is InChI=1S/C7H12N2.C6H10N2O.C5H8N2O.CH4/c1-4-7-8-5-6(2)9(7)3;1-3-5-7-6(9)4-8(5)2;1-3-5-7-6-4(2)8-5;/h2,4-5H2,1,3H3;3-4H2,1-2H3;3H2,1-2H3;1H4. The Morgan fingerprint density at radius 3 is 1.93 bits per heavy atom. The lowest BCUT2D eigenvalue weighted by atomic mass is 10.4. The number of carbonyl (C=O) groups excluding carboxylic acids is 1. The molecule has 0 aromatic carbocycles. The molecule has 152 valence electrons. The zero-order valence-corrected chi connectivity index (χ0v) is 16.7. The summed E-state index contributed by atoms with van der Waals surface area (Å²) in [5, 5.41) is 7.39. The van der Waals surface area contributed by atoms with Crippen molar-refractivity contribution >= 4 is 17.6 Å². The fraction of sp³-hybridized carbons (Fsp3) is 0.632. The van der Waals surface area contributed by atoms with Crippen LogP contribution < -0.4 is 0 Å². The molecule has 0 radical (unpaired) electrons. The number of hydrogen-bond acceptors (Lipinski definition) is 7. The van der Waals surface area contributed by atoms with Crippen LogP contribution in [-0.4, -0.2) is 64.8 Å². The van der Waals surface area contributed by atoms with E-state index in [2.05, 4.69) is 38.6 Å². The summed E-state index contributed by atoms with van der Waals surface area (Å²) in [6, 6.07) is 0. The number of amides is 1. The highest BCUT2D eigenvalue weighted by molar-refractivity contribution is 6.01. The first-order valence-electron chi connectivity index (χ1n) is 8.87. The zero-order chi connectivity index (χ0) is 19.7. The molecule has 0 N–H and O–H groups in total. The van der Waals surface area contributed by atoms with Crippen LogP contribution >= 0.6 is 0 Å². The summed E-state index contributed by atoms with van der Waals surface area (Å²) in [6.07, 6.45) is 2.68. The van der Waals surface area contributed by atoms with Crippen LogP contribution in [0, 0.1) is 6.92 Å². The van der Waals surface area contributed by atoms with Crippen molar-refractivity contribution < 1.29 is 9.21 Å². The number of hydrogen-bond donors (Lipinski definition) is 0. The first kappa shape index (κ1) is 24.5. The largest absolute Gasteiger partial charge is 0.426 e. The average Bonchev–Trinajstić information content (AvgIpc) is 3.28. The van der Waals surface area contributed by atoms with Crippen molar-refractivity contribution in [3.63, 3.8) is 0 Å². The van der Waals surface area contributed by atoms with Crippen LogP contribution in [-0.2, 0) is 11.2 Å². The van der Waals surface area contributed by atoms with Crippen molar-refractivity contribution in [2.45, 2.75) is 54.4 Å². The first-order valence-corrected chi connectivity index (χ1v) is 8.87. The first-order chi connectivity index (χ1) is 12.3. The smallest absolute Gasteiger partial charge is 0.266 e. The summed E-state index contributed by atoms with van der Waals surface area (Å²) in [6.45, 7) is 13.0. The molecule has 2 aliphatic rings. The lowest BCUT2D eigenvalue weighted by Gasteiger charge is -2.12. The van der Waals surface area contributed by atoms with E-state index in [1.165, 1.54) is 0 Å². The van der Waals surface area contributed by atoms with Gasteiger partial charge in [-0.15, -0.1) is 10.2 Å². The fourth-order valence-corrected chi connectivity index (χ4v) is 2.31. The van der Waals surface area contributed by atoms with E-state index in [-0.39, 0.29) is 13.3 Å². The second-order valence-electron chi connectivity index (χ2n) is 5.91. The third kappa shape index (κ3) is 7.72. The highest BCUT2D eigenvalue weighted by Gasteiger charge is 2.16. The van der Waals surface area contributed by atoms with E-state index in [9.17, 15) is 4.79 Å². The molecule has 0 aliphatic carbocycles. The number of carbonyl (C=O) groups is 1. The van der Waals surface area contributed by atoms with E-state index >= 15 is 0 Å². The number of aryl methyl sites for hydroxylation is 2. The molecule has 1 aromatic rings. The Kier molecular flexibility index (Phi) is 10.9. The monoisotopic (exact) mass is 378 g/mol. The van der Waals surface area contributed by atoms with Gasteiger partial charge in [0, 0.05) is 46.0 Å². The number of aromatic nitrogens is 2. The maximum atomic E-state index is 10.6. The third-order valence-electron chi connectivity index (χ3n) is 3.88. The Morgan fingerprint density at radius 2 is 1.70 bits per heavy atom. The Balaban J connectivity index is 0.000000369. The minimum absolute atomic E-state index is 0. The number of nitrogens with zero attached hydrogens (tertiary/aromatic N) is 6. The molecule has 8 nitrogen and oxygen atoms in total. The van der Waals surface area contributed by atoms with Gasteiger partial charge in [0.15, 0.2) is 0 Å². The van der Waals surface area contributed by atoms with Gasteiger partial charge in [0.1, 0.15) is 18.2 Å². The van der Waals surface area contributed by atoms with Gasteiger partial charge in [-0.25, -0.2) is 0 Å². The molecule has 0 spiro atoms. The zero-order valence-electron chi connectivity index (χ0n) is 16.7. The van der Waals surface area contributed by atoms with Crippen molar-refractivity contribution in [1.82, 2.24) is 20.0 Å². The molecule has 0 atom stereocenters. The van der Waals surface area contributed by atoms with E-state index < -0.39 is 0 Å². The fourth-order valence-electron chi connectivity index (χ4n) is 2.31. The van der Waals surface area contributed by atoms with Crippen LogP contribution in [0.15, 0.2) is 26.7 Å². The summed E-state index contributed by atoms with van der Waals surface area (Å²) < 4.78 is 5.01. The normalized spacial score (nSPS) is 15.3. The maximum absolute atomic E-state index is 10.6. The molecule has 27 heavy (non-hydrogen) atoms. The maximum Gasteiger partial charge on any atom is 0.266 e. The van der Waals surface area contributed by atoms with Gasteiger partial charge in [0.25, 0.3) is 5.91 Å². The lowest BCUT2D eigenvalue weighted by molar-refractivity contribution is -0.116. The molecule has 3 rings (SSSR count). The Morgan fingerprint density at radius 1 is 1.07 bits per heavy atom. The van der Waals surface area contributed by atoms with Gasteiger partial charge in [0.2, 0.25) is 11.8 Å². The van der Waals surface area contributed by atoms with E-state index in [0.717, 1.165) is 43.2 Å². The summed E-state index contributed by atoms with van der Waals surface area (Å²) in [5.41, 5.74) is 1.10. The second kappa shape index (κ2) is 12.0. The summed E-state index contributed by atoms with van der Waals surface area (Å²) in [5.74, 6) is 3.39. The lowest BCUT2D eigenvalue weighted by Crippen LogP contribution is -2.22. The van der Waals surface area contributed by atoms with Gasteiger partial charge in [-0.2, -0.15) is 4.99 Å². The summed E-state index contributed by atoms with van der Waals surface area (Å²) in [4.78, 5) is 22.6. The third-order valence-corrected chi connectivity index (χ3v) is 3.88. The molecule has 8 heteroatoms. The van der Waals surface area contributed by atoms with Crippen LogP contribution in [0.4, 0.5) is 0 Å². The topological polar surface area (TPSA) is 87.2 Å². The van der Waals surface area contributed by atoms with Crippen molar-refractivity contribution in [3.05, 3.63) is 24.1 Å². The van der Waals surface area contributed by atoms with Crippen molar-refractivity contribution in [2.24, 2.45) is 9.98 Å². The van der Waals surface area contributed by atoms with Crippen LogP contribution in [0.25, 0.3) is 0 Å². The number of amidine groups is 2.